The third-order valence-corrected chi connectivity index (χ3v) is 5.27. The topological polar surface area (TPSA) is 12.0 Å². The van der Waals surface area contributed by atoms with E-state index in [1.54, 1.807) is 0 Å². The van der Waals surface area contributed by atoms with E-state index in [0.717, 1.165) is 17.9 Å². The minimum atomic E-state index is 0.719. The molecule has 1 saturated carbocycles. The molecule has 0 aliphatic heterocycles. The van der Waals surface area contributed by atoms with E-state index < -0.39 is 0 Å². The number of hydrogen-bond donors (Lipinski definition) is 1. The van der Waals surface area contributed by atoms with Gasteiger partial charge in [0.25, 0.3) is 0 Å². The van der Waals surface area contributed by atoms with Gasteiger partial charge >= 0.3 is 0 Å². The Balaban J connectivity index is 1.91. The molecule has 1 aliphatic rings. The third-order valence-electron chi connectivity index (χ3n) is 5.27. The molecule has 1 atom stereocenters. The molecule has 1 unspecified atom stereocenters. The summed E-state index contributed by atoms with van der Waals surface area (Å²) in [6.45, 7) is 8.10. The van der Waals surface area contributed by atoms with Crippen molar-refractivity contribution >= 4 is 0 Å². The van der Waals surface area contributed by atoms with Crippen LogP contribution >= 0.6 is 0 Å². The van der Waals surface area contributed by atoms with E-state index in [9.17, 15) is 0 Å². The van der Waals surface area contributed by atoms with Crippen molar-refractivity contribution < 1.29 is 0 Å². The first-order valence-electron chi connectivity index (χ1n) is 8.98. The van der Waals surface area contributed by atoms with Crippen molar-refractivity contribution in [1.29, 1.82) is 0 Å². The highest BCUT2D eigenvalue weighted by Crippen LogP contribution is 2.32. The van der Waals surface area contributed by atoms with Crippen molar-refractivity contribution in [3.63, 3.8) is 0 Å². The molecule has 1 fully saturated rings. The predicted molar refractivity (Wildman–Crippen MR) is 92.7 cm³/mol. The van der Waals surface area contributed by atoms with Gasteiger partial charge in [-0.1, -0.05) is 51.0 Å². The first-order chi connectivity index (χ1) is 10.2. The smallest absolute Gasteiger partial charge is 0.00984 e. The second-order valence-electron chi connectivity index (χ2n) is 7.05. The van der Waals surface area contributed by atoms with Crippen LogP contribution in [0.2, 0.25) is 0 Å². The van der Waals surface area contributed by atoms with Gasteiger partial charge < -0.3 is 5.32 Å². The van der Waals surface area contributed by atoms with Crippen molar-refractivity contribution in [3.8, 4) is 0 Å². The van der Waals surface area contributed by atoms with Crippen LogP contribution < -0.4 is 5.32 Å². The van der Waals surface area contributed by atoms with E-state index in [2.05, 4.69) is 50.4 Å². The summed E-state index contributed by atoms with van der Waals surface area (Å²) >= 11 is 0. The maximum atomic E-state index is 3.84. The second-order valence-corrected chi connectivity index (χ2v) is 7.05. The van der Waals surface area contributed by atoms with Gasteiger partial charge in [0.2, 0.25) is 0 Å². The zero-order valence-corrected chi connectivity index (χ0v) is 14.2. The fourth-order valence-electron chi connectivity index (χ4n) is 3.72. The molecule has 0 radical (unpaired) electrons. The Hall–Kier alpha value is -0.820. The number of hydrogen-bond acceptors (Lipinski definition) is 1. The monoisotopic (exact) mass is 287 g/mol. The van der Waals surface area contributed by atoms with Gasteiger partial charge in [-0.25, -0.2) is 0 Å². The highest BCUT2D eigenvalue weighted by Gasteiger charge is 2.25. The van der Waals surface area contributed by atoms with Gasteiger partial charge in [-0.2, -0.15) is 0 Å². The standard InChI is InChI=1S/C20H33N/c1-4-15-21-20(19-11-9-16(2)10-12-19)14-13-18-8-6-5-7-17(18)3/h5-8,16,19-21H,4,9-15H2,1-3H3. The number of benzene rings is 1. The molecular weight excluding hydrogens is 254 g/mol. The summed E-state index contributed by atoms with van der Waals surface area (Å²) in [4.78, 5) is 0. The zero-order valence-electron chi connectivity index (χ0n) is 14.2. The van der Waals surface area contributed by atoms with E-state index in [4.69, 9.17) is 0 Å². The van der Waals surface area contributed by atoms with Crippen LogP contribution in [0.3, 0.4) is 0 Å². The fraction of sp³-hybridized carbons (Fsp3) is 0.700. The summed E-state index contributed by atoms with van der Waals surface area (Å²) in [5, 5.41) is 3.84. The summed E-state index contributed by atoms with van der Waals surface area (Å²) in [7, 11) is 0. The van der Waals surface area contributed by atoms with Crippen LogP contribution in [0.5, 0.6) is 0 Å². The van der Waals surface area contributed by atoms with Gasteiger partial charge in [-0.15, -0.1) is 0 Å². The number of aryl methyl sites for hydroxylation is 2. The predicted octanol–water partition coefficient (Wildman–Crippen LogP) is 5.12. The number of rotatable bonds is 7. The highest BCUT2D eigenvalue weighted by molar-refractivity contribution is 5.25. The minimum Gasteiger partial charge on any atom is -0.314 e. The lowest BCUT2D eigenvalue weighted by Gasteiger charge is -2.33. The van der Waals surface area contributed by atoms with Crippen molar-refractivity contribution in [2.45, 2.75) is 71.8 Å². The maximum absolute atomic E-state index is 3.84. The molecule has 1 heteroatoms. The van der Waals surface area contributed by atoms with Gasteiger partial charge in [0.15, 0.2) is 0 Å². The van der Waals surface area contributed by atoms with Crippen LogP contribution in [0.4, 0.5) is 0 Å². The first kappa shape index (κ1) is 16.5. The summed E-state index contributed by atoms with van der Waals surface area (Å²) < 4.78 is 0. The average molecular weight is 287 g/mol. The molecule has 0 spiro atoms. The summed E-state index contributed by atoms with van der Waals surface area (Å²) in [6, 6.07) is 9.59. The SMILES string of the molecule is CCCNC(CCc1ccccc1C)C1CCC(C)CC1. The third kappa shape index (κ3) is 5.14. The van der Waals surface area contributed by atoms with Gasteiger partial charge in [0.1, 0.15) is 0 Å². The highest BCUT2D eigenvalue weighted by atomic mass is 14.9. The lowest BCUT2D eigenvalue weighted by molar-refractivity contribution is 0.222. The second kappa shape index (κ2) is 8.58. The molecule has 118 valence electrons. The molecule has 1 aromatic carbocycles. The lowest BCUT2D eigenvalue weighted by atomic mass is 9.77. The normalized spacial score (nSPS) is 24.0. The largest absolute Gasteiger partial charge is 0.314 e. The van der Waals surface area contributed by atoms with Crippen LogP contribution in [0.25, 0.3) is 0 Å². The average Bonchev–Trinajstić information content (AvgIpc) is 2.50. The van der Waals surface area contributed by atoms with Crippen LogP contribution in [-0.2, 0) is 6.42 Å². The molecule has 0 saturated heterocycles. The maximum Gasteiger partial charge on any atom is 0.00984 e. The summed E-state index contributed by atoms with van der Waals surface area (Å²) in [5.74, 6) is 1.85. The summed E-state index contributed by atoms with van der Waals surface area (Å²) in [6.07, 6.45) is 9.47. The molecule has 0 heterocycles. The Kier molecular flexibility index (Phi) is 6.76. The lowest BCUT2D eigenvalue weighted by Crippen LogP contribution is -2.38. The molecule has 1 aliphatic carbocycles. The van der Waals surface area contributed by atoms with Gasteiger partial charge in [-0.05, 0) is 68.5 Å². The van der Waals surface area contributed by atoms with Crippen molar-refractivity contribution in [3.05, 3.63) is 35.4 Å². The van der Waals surface area contributed by atoms with Crippen LogP contribution in [0.1, 0.15) is 63.5 Å². The van der Waals surface area contributed by atoms with Crippen molar-refractivity contribution in [2.24, 2.45) is 11.8 Å². The van der Waals surface area contributed by atoms with Gasteiger partial charge in [0.05, 0.1) is 0 Å². The Labute approximate surface area is 131 Å². The van der Waals surface area contributed by atoms with E-state index >= 15 is 0 Å². The molecule has 0 amide bonds. The number of nitrogens with one attached hydrogen (secondary N) is 1. The fourth-order valence-corrected chi connectivity index (χ4v) is 3.72. The summed E-state index contributed by atoms with van der Waals surface area (Å²) in [5.41, 5.74) is 2.98. The van der Waals surface area contributed by atoms with Crippen LogP contribution in [0, 0.1) is 18.8 Å². The quantitative estimate of drug-likeness (QED) is 0.733. The molecule has 0 aromatic heterocycles. The Morgan fingerprint density at radius 2 is 1.86 bits per heavy atom. The van der Waals surface area contributed by atoms with E-state index in [1.165, 1.54) is 62.6 Å². The van der Waals surface area contributed by atoms with Crippen LogP contribution in [-0.4, -0.2) is 12.6 Å². The van der Waals surface area contributed by atoms with E-state index in [1.807, 2.05) is 0 Å². The molecule has 2 rings (SSSR count). The Morgan fingerprint density at radius 3 is 2.52 bits per heavy atom. The van der Waals surface area contributed by atoms with E-state index in [0.29, 0.717) is 0 Å². The van der Waals surface area contributed by atoms with Gasteiger partial charge in [-0.3, -0.25) is 0 Å². The molecule has 1 nitrogen and oxygen atoms in total. The minimum absolute atomic E-state index is 0.719. The molecule has 0 bridgehead atoms. The van der Waals surface area contributed by atoms with Crippen LogP contribution in [0.15, 0.2) is 24.3 Å². The van der Waals surface area contributed by atoms with Crippen molar-refractivity contribution in [1.82, 2.24) is 5.32 Å². The van der Waals surface area contributed by atoms with E-state index in [-0.39, 0.29) is 0 Å². The Morgan fingerprint density at radius 1 is 1.14 bits per heavy atom. The molecule has 21 heavy (non-hydrogen) atoms. The van der Waals surface area contributed by atoms with Gasteiger partial charge in [0, 0.05) is 6.04 Å². The molecule has 1 N–H and O–H groups in total. The first-order valence-corrected chi connectivity index (χ1v) is 8.98. The van der Waals surface area contributed by atoms with Crippen molar-refractivity contribution in [2.75, 3.05) is 6.54 Å². The molecular formula is C20H33N. The molecule has 1 aromatic rings. The Bertz CT molecular complexity index is 404. The zero-order chi connectivity index (χ0) is 15.1.